The lowest BCUT2D eigenvalue weighted by Gasteiger charge is -2.58. The van der Waals surface area contributed by atoms with Crippen LogP contribution < -0.4 is 0 Å². The molecule has 3 fully saturated rings. The van der Waals surface area contributed by atoms with E-state index in [9.17, 15) is 4.79 Å². The third kappa shape index (κ3) is 3.22. The molecule has 2 nitrogen and oxygen atoms in total. The highest BCUT2D eigenvalue weighted by Gasteiger charge is 2.59. The molecule has 0 spiro atoms. The molecule has 0 saturated heterocycles. The number of hydrogen-bond acceptors (Lipinski definition) is 2. The average Bonchev–Trinajstić information content (AvgIpc) is 3.10. The number of Topliss-reactive ketones (excluding diaryl/α,β-unsaturated/α-hetero) is 1. The third-order valence-electron chi connectivity index (χ3n) is 9.88. The molecule has 0 radical (unpaired) electrons. The molecule has 7 atom stereocenters. The summed E-state index contributed by atoms with van der Waals surface area (Å²) in [6.07, 6.45) is 12.7. The van der Waals surface area contributed by atoms with Gasteiger partial charge in [0.05, 0.1) is 12.7 Å². The van der Waals surface area contributed by atoms with E-state index in [2.05, 4.69) is 50.3 Å². The van der Waals surface area contributed by atoms with Gasteiger partial charge in [0.1, 0.15) is 5.78 Å². The van der Waals surface area contributed by atoms with Crippen molar-refractivity contribution < 1.29 is 9.53 Å². The van der Waals surface area contributed by atoms with Crippen molar-refractivity contribution >= 4 is 5.78 Å². The van der Waals surface area contributed by atoms with Gasteiger partial charge in [-0.3, -0.25) is 4.79 Å². The van der Waals surface area contributed by atoms with Gasteiger partial charge in [0.2, 0.25) is 0 Å². The molecule has 0 amide bonds. The Kier molecular flexibility index (Phi) is 5.21. The molecule has 4 unspecified atom stereocenters. The van der Waals surface area contributed by atoms with E-state index < -0.39 is 0 Å². The Hall–Kier alpha value is -1.41. The van der Waals surface area contributed by atoms with E-state index >= 15 is 0 Å². The Morgan fingerprint density at radius 3 is 2.60 bits per heavy atom. The quantitative estimate of drug-likeness (QED) is 0.518. The lowest BCUT2D eigenvalue weighted by molar-refractivity contribution is -0.127. The Balaban J connectivity index is 1.30. The fourth-order valence-corrected chi connectivity index (χ4v) is 8.23. The predicted molar refractivity (Wildman–Crippen MR) is 121 cm³/mol. The molecule has 30 heavy (non-hydrogen) atoms. The van der Waals surface area contributed by atoms with Gasteiger partial charge < -0.3 is 4.74 Å². The summed E-state index contributed by atoms with van der Waals surface area (Å²) in [5.74, 6) is 3.07. The number of allylic oxidation sites excluding steroid dienone is 1. The average molecular weight is 407 g/mol. The molecular formula is C28H38O2. The minimum absolute atomic E-state index is 0.255. The molecule has 0 heterocycles. The van der Waals surface area contributed by atoms with Crippen molar-refractivity contribution in [3.8, 4) is 0 Å². The number of benzene rings is 1. The van der Waals surface area contributed by atoms with Crippen LogP contribution in [0.25, 0.3) is 0 Å². The third-order valence-corrected chi connectivity index (χ3v) is 9.88. The SMILES string of the molecule is CC(=O)[C@H]1CCC2C3CC=C4C[C@@H](OCc5ccccc5)CC[C@]4(C)C3CCC21C. The Morgan fingerprint density at radius 2 is 1.83 bits per heavy atom. The molecule has 162 valence electrons. The number of fused-ring (bicyclic) bond motifs is 5. The number of ketones is 1. The highest BCUT2D eigenvalue weighted by Crippen LogP contribution is 2.66. The second-order valence-corrected chi connectivity index (χ2v) is 11.2. The summed E-state index contributed by atoms with van der Waals surface area (Å²) >= 11 is 0. The first-order valence-electron chi connectivity index (χ1n) is 12.3. The van der Waals surface area contributed by atoms with E-state index in [1.54, 1.807) is 5.57 Å². The molecule has 1 aromatic rings. The highest BCUT2D eigenvalue weighted by molar-refractivity contribution is 5.79. The maximum atomic E-state index is 12.3. The first kappa shape index (κ1) is 20.5. The van der Waals surface area contributed by atoms with Crippen molar-refractivity contribution in [2.45, 2.75) is 84.8 Å². The molecule has 4 aliphatic carbocycles. The number of hydrogen-bond donors (Lipinski definition) is 0. The van der Waals surface area contributed by atoms with E-state index in [1.807, 2.05) is 6.92 Å². The number of ether oxygens (including phenoxy) is 1. The van der Waals surface area contributed by atoms with Gasteiger partial charge in [-0.2, -0.15) is 0 Å². The van der Waals surface area contributed by atoms with Gasteiger partial charge in [-0.25, -0.2) is 0 Å². The van der Waals surface area contributed by atoms with Gasteiger partial charge in [0.15, 0.2) is 0 Å². The molecule has 3 saturated carbocycles. The van der Waals surface area contributed by atoms with Gasteiger partial charge in [-0.15, -0.1) is 0 Å². The van der Waals surface area contributed by atoms with Crippen LogP contribution >= 0.6 is 0 Å². The fraction of sp³-hybridized carbons (Fsp3) is 0.679. The maximum Gasteiger partial charge on any atom is 0.133 e. The van der Waals surface area contributed by atoms with Gasteiger partial charge in [-0.1, -0.05) is 55.8 Å². The smallest absolute Gasteiger partial charge is 0.133 e. The Bertz CT molecular complexity index is 826. The van der Waals surface area contributed by atoms with Gasteiger partial charge in [0.25, 0.3) is 0 Å². The van der Waals surface area contributed by atoms with Gasteiger partial charge >= 0.3 is 0 Å². The van der Waals surface area contributed by atoms with Gasteiger partial charge in [0, 0.05) is 5.92 Å². The summed E-state index contributed by atoms with van der Waals surface area (Å²) in [6.45, 7) is 7.57. The van der Waals surface area contributed by atoms with E-state index in [4.69, 9.17) is 4.74 Å². The van der Waals surface area contributed by atoms with E-state index in [-0.39, 0.29) is 5.41 Å². The summed E-state index contributed by atoms with van der Waals surface area (Å²) in [4.78, 5) is 12.3. The first-order chi connectivity index (χ1) is 14.4. The van der Waals surface area contributed by atoms with Crippen LogP contribution in [0, 0.1) is 34.5 Å². The van der Waals surface area contributed by atoms with Crippen molar-refractivity contribution in [1.82, 2.24) is 0 Å². The minimum Gasteiger partial charge on any atom is -0.373 e. The van der Waals surface area contributed by atoms with Crippen LogP contribution in [0.15, 0.2) is 42.0 Å². The number of carbonyl (C=O) groups excluding carboxylic acids is 1. The zero-order valence-corrected chi connectivity index (χ0v) is 19.0. The molecule has 1 aromatic carbocycles. The topological polar surface area (TPSA) is 26.3 Å². The fourth-order valence-electron chi connectivity index (χ4n) is 8.23. The Morgan fingerprint density at radius 1 is 1.03 bits per heavy atom. The van der Waals surface area contributed by atoms with Crippen LogP contribution in [0.4, 0.5) is 0 Å². The monoisotopic (exact) mass is 406 g/mol. The molecular weight excluding hydrogens is 368 g/mol. The maximum absolute atomic E-state index is 12.3. The van der Waals surface area contributed by atoms with Crippen molar-refractivity contribution in [2.24, 2.45) is 34.5 Å². The predicted octanol–water partition coefficient (Wildman–Crippen LogP) is 6.74. The highest BCUT2D eigenvalue weighted by atomic mass is 16.5. The van der Waals surface area contributed by atoms with E-state index in [0.717, 1.165) is 37.2 Å². The molecule has 2 heteroatoms. The molecule has 4 aliphatic rings. The summed E-state index contributed by atoms with van der Waals surface area (Å²) in [5.41, 5.74) is 3.56. The summed E-state index contributed by atoms with van der Waals surface area (Å²) in [7, 11) is 0. The van der Waals surface area contributed by atoms with E-state index in [0.29, 0.717) is 23.2 Å². The van der Waals surface area contributed by atoms with Crippen LogP contribution in [-0.2, 0) is 16.1 Å². The minimum atomic E-state index is 0.255. The largest absolute Gasteiger partial charge is 0.373 e. The first-order valence-corrected chi connectivity index (χ1v) is 12.3. The van der Waals surface area contributed by atoms with Crippen LogP contribution in [-0.4, -0.2) is 11.9 Å². The zero-order chi connectivity index (χ0) is 20.9. The van der Waals surface area contributed by atoms with Crippen LogP contribution in [0.2, 0.25) is 0 Å². The van der Waals surface area contributed by atoms with Crippen molar-refractivity contribution in [1.29, 1.82) is 0 Å². The molecule has 0 aliphatic heterocycles. The lowest BCUT2D eigenvalue weighted by Crippen LogP contribution is -2.51. The van der Waals surface area contributed by atoms with Crippen LogP contribution in [0.5, 0.6) is 0 Å². The number of rotatable bonds is 4. The molecule has 0 aromatic heterocycles. The van der Waals surface area contributed by atoms with Crippen molar-refractivity contribution in [3.05, 3.63) is 47.5 Å². The number of carbonyl (C=O) groups is 1. The summed E-state index contributed by atoms with van der Waals surface area (Å²) in [6, 6.07) is 10.6. The van der Waals surface area contributed by atoms with Crippen molar-refractivity contribution in [3.63, 3.8) is 0 Å². The standard InChI is InChI=1S/C28H38O2/c1-19(29)24-11-12-25-23-10-9-21-17-22(30-18-20-7-5-4-6-8-20)13-15-27(21,2)26(23)14-16-28(24,25)3/h4-9,22-26H,10-18H2,1-3H3/t22-,23?,24+,25?,26?,27-,28?/m0/s1. The molecule has 0 N–H and O–H groups in total. The van der Waals surface area contributed by atoms with Gasteiger partial charge in [-0.05, 0) is 92.4 Å². The molecule has 5 rings (SSSR count). The van der Waals surface area contributed by atoms with E-state index in [1.165, 1.54) is 44.1 Å². The summed E-state index contributed by atoms with van der Waals surface area (Å²) < 4.78 is 6.35. The lowest BCUT2D eigenvalue weighted by atomic mass is 9.47. The molecule has 0 bridgehead atoms. The second kappa shape index (κ2) is 7.62. The Labute approximate surface area is 182 Å². The van der Waals surface area contributed by atoms with Crippen molar-refractivity contribution in [2.75, 3.05) is 0 Å². The normalized spacial score (nSPS) is 42.6. The second-order valence-electron chi connectivity index (χ2n) is 11.2. The van der Waals surface area contributed by atoms with Crippen LogP contribution in [0.1, 0.15) is 77.7 Å². The zero-order valence-electron chi connectivity index (χ0n) is 19.0. The summed E-state index contributed by atoms with van der Waals surface area (Å²) in [5, 5.41) is 0. The van der Waals surface area contributed by atoms with Crippen LogP contribution in [0.3, 0.4) is 0 Å².